The van der Waals surface area contributed by atoms with Crippen molar-refractivity contribution in [2.45, 2.75) is 24.8 Å². The van der Waals surface area contributed by atoms with E-state index in [0.29, 0.717) is 0 Å². The van der Waals surface area contributed by atoms with Gasteiger partial charge in [0.25, 0.3) is 5.69 Å². The van der Waals surface area contributed by atoms with Crippen LogP contribution in [-0.2, 0) is 16.5 Å². The summed E-state index contributed by atoms with van der Waals surface area (Å²) in [7, 11) is -6.09. The molecule has 7 nitrogen and oxygen atoms in total. The van der Waals surface area contributed by atoms with Crippen LogP contribution in [0.1, 0.15) is 29.7 Å². The fraction of sp³-hybridized carbons (Fsp3) is 0.138. The minimum atomic E-state index is -6.09. The molecule has 0 unspecified atom stereocenters. The Balaban J connectivity index is 0.000000406. The maximum atomic E-state index is 11.0. The van der Waals surface area contributed by atoms with Crippen LogP contribution < -0.4 is 0 Å². The highest BCUT2D eigenvalue weighted by atomic mass is 32.2. The predicted molar refractivity (Wildman–Crippen MR) is 144 cm³/mol. The van der Waals surface area contributed by atoms with Gasteiger partial charge in [-0.25, -0.2) is 12.8 Å². The largest absolute Gasteiger partial charge is 0.741 e. The predicted octanol–water partition coefficient (Wildman–Crippen LogP) is 7.73. The van der Waals surface area contributed by atoms with Gasteiger partial charge in [0.1, 0.15) is 0 Å². The number of allylic oxidation sites excluding steroid dienone is 1. The molecule has 0 fully saturated rings. The van der Waals surface area contributed by atoms with Gasteiger partial charge in [-0.1, -0.05) is 48.5 Å². The molecule has 0 N–H and O–H groups in total. The third kappa shape index (κ3) is 6.80. The average Bonchev–Trinajstić information content (AvgIpc) is 2.93. The summed E-state index contributed by atoms with van der Waals surface area (Å²) in [5.74, 6) is 1.74. The monoisotopic (exact) mass is 569 g/mol. The number of hydrogen-bond acceptors (Lipinski definition) is 5. The molecule has 0 spiro atoms. The van der Waals surface area contributed by atoms with Crippen LogP contribution in [0, 0.1) is 10.1 Å². The molecule has 206 valence electrons. The summed E-state index contributed by atoms with van der Waals surface area (Å²) in [4.78, 5) is 10.6. The SMILES string of the molecule is O=S(=O)([O-])C(F)(F)F.O=[N+]([O-])c1ccc(/C=C2\CCCc3c(-c4ccccc4)cc(-c4ccccc4)[o+]c32)cc1. The van der Waals surface area contributed by atoms with Crippen LogP contribution in [0.15, 0.2) is 95.4 Å². The van der Waals surface area contributed by atoms with E-state index in [0.717, 1.165) is 47.5 Å². The number of nitro groups is 1. The van der Waals surface area contributed by atoms with E-state index >= 15 is 0 Å². The second kappa shape index (κ2) is 11.8. The lowest BCUT2D eigenvalue weighted by molar-refractivity contribution is -0.384. The van der Waals surface area contributed by atoms with Crippen molar-refractivity contribution in [3.63, 3.8) is 0 Å². The molecule has 0 bridgehead atoms. The fourth-order valence-electron chi connectivity index (χ4n) is 4.27. The maximum absolute atomic E-state index is 11.0. The number of nitrogens with zero attached hydrogens (tertiary/aromatic N) is 1. The Labute approximate surface area is 228 Å². The Kier molecular flexibility index (Phi) is 8.46. The van der Waals surface area contributed by atoms with E-state index in [1.807, 2.05) is 24.3 Å². The summed E-state index contributed by atoms with van der Waals surface area (Å²) in [6, 6.07) is 29.4. The number of halogens is 3. The standard InChI is InChI=1S/C28H22NO3.CHF3O3S/c30-29(31)24-16-14-20(15-17-24)18-23-12-7-13-25-26(21-8-3-1-4-9-21)19-27(32-28(23)25)22-10-5-2-6-11-22;2-1(3,4)8(5,6)7/h1-6,8-11,14-19H,7,12-13H2;(H,5,6,7)/q+1;/p-1/b23-18+;. The van der Waals surface area contributed by atoms with Gasteiger partial charge in [0.2, 0.25) is 0 Å². The first-order valence-electron chi connectivity index (χ1n) is 12.0. The van der Waals surface area contributed by atoms with E-state index in [-0.39, 0.29) is 10.6 Å². The number of non-ortho nitro benzene ring substituents is 1. The van der Waals surface area contributed by atoms with Crippen LogP contribution in [-0.4, -0.2) is 23.4 Å². The van der Waals surface area contributed by atoms with E-state index in [4.69, 9.17) is 17.4 Å². The molecule has 1 aliphatic carbocycles. The summed E-state index contributed by atoms with van der Waals surface area (Å²) in [5, 5.41) is 11.0. The molecule has 1 aromatic heterocycles. The number of nitro benzene ring substituents is 1. The Morgan fingerprint density at radius 3 is 1.93 bits per heavy atom. The van der Waals surface area contributed by atoms with Crippen molar-refractivity contribution < 1.29 is 35.5 Å². The summed E-state index contributed by atoms with van der Waals surface area (Å²) in [6.07, 6.45) is 4.98. The lowest BCUT2D eigenvalue weighted by Gasteiger charge is -2.15. The van der Waals surface area contributed by atoms with E-state index in [1.54, 1.807) is 24.3 Å². The third-order valence-electron chi connectivity index (χ3n) is 6.12. The van der Waals surface area contributed by atoms with Gasteiger partial charge >= 0.3 is 17.0 Å². The molecule has 0 amide bonds. The first-order chi connectivity index (χ1) is 18.9. The third-order valence-corrected chi connectivity index (χ3v) is 6.69. The van der Waals surface area contributed by atoms with Gasteiger partial charge in [-0.3, -0.25) is 10.1 Å². The fourth-order valence-corrected chi connectivity index (χ4v) is 4.27. The average molecular weight is 570 g/mol. The van der Waals surface area contributed by atoms with Gasteiger partial charge in [-0.15, -0.1) is 0 Å². The lowest BCUT2D eigenvalue weighted by Crippen LogP contribution is -2.21. The van der Waals surface area contributed by atoms with E-state index in [1.165, 1.54) is 16.7 Å². The smallest absolute Gasteiger partial charge is 0.485 e. The highest BCUT2D eigenvalue weighted by Crippen LogP contribution is 2.41. The van der Waals surface area contributed by atoms with Crippen LogP contribution >= 0.6 is 0 Å². The quantitative estimate of drug-likeness (QED) is 0.0817. The van der Waals surface area contributed by atoms with Gasteiger partial charge in [0.05, 0.1) is 27.7 Å². The Morgan fingerprint density at radius 2 is 1.40 bits per heavy atom. The summed E-state index contributed by atoms with van der Waals surface area (Å²) >= 11 is 0. The molecule has 0 aliphatic heterocycles. The molecule has 0 saturated heterocycles. The second-order valence-corrected chi connectivity index (χ2v) is 10.2. The first kappa shape index (κ1) is 28.7. The summed E-state index contributed by atoms with van der Waals surface area (Å²) in [5.41, 5.74) is 1.12. The van der Waals surface area contributed by atoms with Crippen LogP contribution in [0.25, 0.3) is 34.1 Å². The minimum Gasteiger partial charge on any atom is -0.741 e. The number of benzene rings is 3. The van der Waals surface area contributed by atoms with Crippen LogP contribution in [0.3, 0.4) is 0 Å². The molecule has 0 saturated carbocycles. The molecular formula is C29H22F3NO6S. The van der Waals surface area contributed by atoms with Crippen molar-refractivity contribution in [1.29, 1.82) is 0 Å². The Morgan fingerprint density at radius 1 is 0.850 bits per heavy atom. The van der Waals surface area contributed by atoms with Gasteiger partial charge in [-0.2, -0.15) is 13.2 Å². The van der Waals surface area contributed by atoms with Gasteiger partial charge in [0, 0.05) is 17.7 Å². The number of alkyl halides is 3. The summed E-state index contributed by atoms with van der Waals surface area (Å²) in [6.45, 7) is 0. The normalized spacial score (nSPS) is 14.2. The Hall–Kier alpha value is -4.35. The van der Waals surface area contributed by atoms with E-state index in [2.05, 4.69) is 48.5 Å². The molecule has 1 aliphatic rings. The molecule has 40 heavy (non-hydrogen) atoms. The zero-order chi connectivity index (χ0) is 28.9. The molecule has 11 heteroatoms. The van der Waals surface area contributed by atoms with Crippen molar-refractivity contribution in [1.82, 2.24) is 0 Å². The van der Waals surface area contributed by atoms with Crippen molar-refractivity contribution in [2.24, 2.45) is 0 Å². The number of hydrogen-bond donors (Lipinski definition) is 0. The molecule has 0 radical (unpaired) electrons. The highest BCUT2D eigenvalue weighted by Gasteiger charge is 2.37. The molecule has 5 rings (SSSR count). The molecular weight excluding hydrogens is 547 g/mol. The van der Waals surface area contributed by atoms with Crippen molar-refractivity contribution >= 4 is 27.5 Å². The van der Waals surface area contributed by atoms with Gasteiger partial charge in [-0.05, 0) is 60.7 Å². The van der Waals surface area contributed by atoms with Crippen molar-refractivity contribution in [3.8, 4) is 22.5 Å². The van der Waals surface area contributed by atoms with Crippen LogP contribution in [0.5, 0.6) is 0 Å². The van der Waals surface area contributed by atoms with Crippen molar-refractivity contribution in [2.75, 3.05) is 0 Å². The number of rotatable bonds is 4. The maximum Gasteiger partial charge on any atom is 0.485 e. The first-order valence-corrected chi connectivity index (χ1v) is 13.4. The second-order valence-electron chi connectivity index (χ2n) is 8.84. The molecule has 0 atom stereocenters. The van der Waals surface area contributed by atoms with Crippen molar-refractivity contribution in [3.05, 3.63) is 118 Å². The zero-order valence-corrected chi connectivity index (χ0v) is 21.6. The Bertz CT molecular complexity index is 1640. The van der Waals surface area contributed by atoms with Gasteiger partial charge in [0.15, 0.2) is 10.1 Å². The lowest BCUT2D eigenvalue weighted by atomic mass is 9.86. The zero-order valence-electron chi connectivity index (χ0n) is 20.8. The highest BCUT2D eigenvalue weighted by molar-refractivity contribution is 7.86. The van der Waals surface area contributed by atoms with Crippen LogP contribution in [0.4, 0.5) is 18.9 Å². The minimum absolute atomic E-state index is 0.0959. The van der Waals surface area contributed by atoms with Crippen LogP contribution in [0.2, 0.25) is 0 Å². The van der Waals surface area contributed by atoms with E-state index < -0.39 is 15.6 Å². The van der Waals surface area contributed by atoms with E-state index in [9.17, 15) is 23.3 Å². The topological polar surface area (TPSA) is 112 Å². The molecule has 1 heterocycles. The molecule has 4 aromatic rings. The summed E-state index contributed by atoms with van der Waals surface area (Å²) < 4.78 is 65.4. The number of fused-ring (bicyclic) bond motifs is 1. The van der Waals surface area contributed by atoms with Gasteiger partial charge < -0.3 is 4.55 Å². The molecule has 3 aromatic carbocycles.